The van der Waals surface area contributed by atoms with Gasteiger partial charge in [0.05, 0.1) is 12.5 Å². The van der Waals surface area contributed by atoms with Gasteiger partial charge in [-0.3, -0.25) is 4.79 Å². The van der Waals surface area contributed by atoms with Crippen molar-refractivity contribution in [3.63, 3.8) is 0 Å². The molecule has 1 aromatic heterocycles. The second-order valence-electron chi connectivity index (χ2n) is 6.16. The first-order valence-electron chi connectivity index (χ1n) is 8.97. The smallest absolute Gasteiger partial charge is 0.435 e. The van der Waals surface area contributed by atoms with Crippen LogP contribution in [0.1, 0.15) is 39.3 Å². The molecule has 5 nitrogen and oxygen atoms in total. The minimum Gasteiger partial charge on any atom is -0.462 e. The summed E-state index contributed by atoms with van der Waals surface area (Å²) >= 11 is 0.433. The first kappa shape index (κ1) is 21.5. The zero-order valence-corrected chi connectivity index (χ0v) is 16.6. The van der Waals surface area contributed by atoms with Gasteiger partial charge in [0.25, 0.3) is 0 Å². The number of halogens is 3. The van der Waals surface area contributed by atoms with Crippen LogP contribution >= 0.6 is 11.3 Å². The number of hydrogen-bond acceptors (Lipinski definition) is 5. The van der Waals surface area contributed by atoms with Crippen LogP contribution < -0.4 is 5.32 Å². The van der Waals surface area contributed by atoms with Gasteiger partial charge in [-0.05, 0) is 18.1 Å². The fraction of sp³-hybridized carbons (Fsp3) is 0.190. The van der Waals surface area contributed by atoms with Crippen molar-refractivity contribution >= 4 is 28.3 Å². The molecular formula is C21H17F3N2O3S. The Labute approximate surface area is 174 Å². The minimum atomic E-state index is -4.86. The topological polar surface area (TPSA) is 68.3 Å². The molecule has 0 aliphatic rings. The van der Waals surface area contributed by atoms with Crippen molar-refractivity contribution in [2.45, 2.75) is 19.0 Å². The third kappa shape index (κ3) is 4.85. The lowest BCUT2D eigenvalue weighted by Gasteiger charge is -2.17. The fourth-order valence-corrected chi connectivity index (χ4v) is 3.75. The van der Waals surface area contributed by atoms with Crippen LogP contribution in [0.25, 0.3) is 0 Å². The van der Waals surface area contributed by atoms with E-state index >= 15 is 0 Å². The lowest BCUT2D eigenvalue weighted by atomic mass is 9.90. The van der Waals surface area contributed by atoms with Crippen molar-refractivity contribution < 1.29 is 27.5 Å². The number of rotatable bonds is 6. The molecule has 30 heavy (non-hydrogen) atoms. The predicted octanol–water partition coefficient (Wildman–Crippen LogP) is 5.11. The SMILES string of the molecule is CCOC(=O)c1sc(NC(=O)C(c2ccccc2)c2ccccc2)nc1C(F)(F)F. The summed E-state index contributed by atoms with van der Waals surface area (Å²) in [6, 6.07) is 17.7. The van der Waals surface area contributed by atoms with Crippen LogP contribution in [0.3, 0.4) is 0 Å². The van der Waals surface area contributed by atoms with Crippen LogP contribution in [0.4, 0.5) is 18.3 Å². The molecule has 156 valence electrons. The molecule has 0 fully saturated rings. The van der Waals surface area contributed by atoms with Crippen LogP contribution in [0.15, 0.2) is 60.7 Å². The number of anilines is 1. The van der Waals surface area contributed by atoms with Crippen LogP contribution in [-0.2, 0) is 15.7 Å². The minimum absolute atomic E-state index is 0.0835. The number of carbonyl (C=O) groups excluding carboxylic acids is 2. The van der Waals surface area contributed by atoms with Crippen LogP contribution in [0.2, 0.25) is 0 Å². The lowest BCUT2D eigenvalue weighted by molar-refractivity contribution is -0.141. The number of alkyl halides is 3. The molecule has 1 heterocycles. The molecule has 0 saturated heterocycles. The van der Waals surface area contributed by atoms with E-state index in [0.29, 0.717) is 22.5 Å². The highest BCUT2D eigenvalue weighted by Gasteiger charge is 2.40. The number of thiazole rings is 1. The van der Waals surface area contributed by atoms with E-state index in [9.17, 15) is 22.8 Å². The van der Waals surface area contributed by atoms with E-state index in [1.54, 1.807) is 60.7 Å². The highest BCUT2D eigenvalue weighted by Crippen LogP contribution is 2.37. The van der Waals surface area contributed by atoms with Gasteiger partial charge in [-0.25, -0.2) is 9.78 Å². The van der Waals surface area contributed by atoms with Crippen molar-refractivity contribution in [3.8, 4) is 0 Å². The monoisotopic (exact) mass is 434 g/mol. The average molecular weight is 434 g/mol. The molecule has 0 bridgehead atoms. The maximum atomic E-state index is 13.3. The summed E-state index contributed by atoms with van der Waals surface area (Å²) < 4.78 is 44.6. The standard InChI is InChI=1S/C21H17F3N2O3S/c1-2-29-19(28)16-17(21(22,23)24)25-20(30-16)26-18(27)15(13-9-5-3-6-10-13)14-11-7-4-8-12-14/h3-12,15H,2H2,1H3,(H,25,26,27). The van der Waals surface area contributed by atoms with E-state index in [4.69, 9.17) is 0 Å². The molecule has 0 saturated carbocycles. The van der Waals surface area contributed by atoms with Crippen molar-refractivity contribution in [3.05, 3.63) is 82.4 Å². The molecule has 1 amide bonds. The molecule has 9 heteroatoms. The van der Waals surface area contributed by atoms with E-state index in [1.807, 2.05) is 0 Å². The number of benzene rings is 2. The van der Waals surface area contributed by atoms with Gasteiger partial charge in [0.2, 0.25) is 5.91 Å². The van der Waals surface area contributed by atoms with Gasteiger partial charge in [0.1, 0.15) is 4.88 Å². The molecule has 3 aromatic rings. The van der Waals surface area contributed by atoms with Crippen LogP contribution in [-0.4, -0.2) is 23.5 Å². The van der Waals surface area contributed by atoms with Gasteiger partial charge in [-0.1, -0.05) is 72.0 Å². The number of aromatic nitrogens is 1. The van der Waals surface area contributed by atoms with Crippen LogP contribution in [0.5, 0.6) is 0 Å². The quantitative estimate of drug-likeness (QED) is 0.548. The van der Waals surface area contributed by atoms with Crippen molar-refractivity contribution in [1.82, 2.24) is 4.98 Å². The Bertz CT molecular complexity index is 981. The number of nitrogens with zero attached hydrogens (tertiary/aromatic N) is 1. The normalized spacial score (nSPS) is 11.4. The third-order valence-corrected chi connectivity index (χ3v) is 5.07. The van der Waals surface area contributed by atoms with Gasteiger partial charge >= 0.3 is 12.1 Å². The summed E-state index contributed by atoms with van der Waals surface area (Å²) in [4.78, 5) is 27.7. The van der Waals surface area contributed by atoms with Crippen molar-refractivity contribution in [1.29, 1.82) is 0 Å². The maximum absolute atomic E-state index is 13.3. The summed E-state index contributed by atoms with van der Waals surface area (Å²) in [6.07, 6.45) is -4.86. The van der Waals surface area contributed by atoms with Gasteiger partial charge in [-0.15, -0.1) is 0 Å². The summed E-state index contributed by atoms with van der Waals surface area (Å²) in [5.74, 6) is -2.47. The molecule has 0 aliphatic heterocycles. The summed E-state index contributed by atoms with van der Waals surface area (Å²) in [5.41, 5.74) is -0.0453. The molecule has 0 aliphatic carbocycles. The number of hydrogen-bond donors (Lipinski definition) is 1. The maximum Gasteiger partial charge on any atom is 0.435 e. The van der Waals surface area contributed by atoms with E-state index in [1.165, 1.54) is 6.92 Å². The molecule has 3 rings (SSSR count). The molecular weight excluding hydrogens is 417 g/mol. The number of ether oxygens (including phenoxy) is 1. The predicted molar refractivity (Wildman–Crippen MR) is 106 cm³/mol. The number of carbonyl (C=O) groups is 2. The Morgan fingerprint density at radius 1 is 1.03 bits per heavy atom. The highest BCUT2D eigenvalue weighted by atomic mass is 32.1. The summed E-state index contributed by atoms with van der Waals surface area (Å²) in [7, 11) is 0. The Morgan fingerprint density at radius 3 is 2.03 bits per heavy atom. The Kier molecular flexibility index (Phi) is 6.51. The fourth-order valence-electron chi connectivity index (χ4n) is 2.86. The largest absolute Gasteiger partial charge is 0.462 e. The Balaban J connectivity index is 1.95. The lowest BCUT2D eigenvalue weighted by Crippen LogP contribution is -2.22. The van der Waals surface area contributed by atoms with E-state index in [0.717, 1.165) is 0 Å². The van der Waals surface area contributed by atoms with E-state index in [2.05, 4.69) is 15.0 Å². The molecule has 1 N–H and O–H groups in total. The summed E-state index contributed by atoms with van der Waals surface area (Å²) in [6.45, 7) is 1.40. The zero-order valence-electron chi connectivity index (χ0n) is 15.8. The molecule has 0 atom stereocenters. The summed E-state index contributed by atoms with van der Waals surface area (Å²) in [5, 5.41) is 2.10. The van der Waals surface area contributed by atoms with Crippen molar-refractivity contribution in [2.24, 2.45) is 0 Å². The van der Waals surface area contributed by atoms with Gasteiger partial charge in [-0.2, -0.15) is 13.2 Å². The molecule has 0 unspecified atom stereocenters. The van der Waals surface area contributed by atoms with Gasteiger partial charge in [0, 0.05) is 0 Å². The number of esters is 1. The second-order valence-corrected chi connectivity index (χ2v) is 7.16. The van der Waals surface area contributed by atoms with Crippen molar-refractivity contribution in [2.75, 3.05) is 11.9 Å². The van der Waals surface area contributed by atoms with E-state index in [-0.39, 0.29) is 11.7 Å². The third-order valence-electron chi connectivity index (χ3n) is 4.11. The van der Waals surface area contributed by atoms with Gasteiger partial charge in [0.15, 0.2) is 10.8 Å². The van der Waals surface area contributed by atoms with Gasteiger partial charge < -0.3 is 10.1 Å². The number of nitrogens with one attached hydrogen (secondary N) is 1. The van der Waals surface area contributed by atoms with E-state index < -0.39 is 34.5 Å². The van der Waals surface area contributed by atoms with Crippen LogP contribution in [0, 0.1) is 0 Å². The number of amides is 1. The molecule has 2 aromatic carbocycles. The first-order chi connectivity index (χ1) is 14.3. The first-order valence-corrected chi connectivity index (χ1v) is 9.78. The molecule has 0 spiro atoms. The zero-order chi connectivity index (χ0) is 21.7. The Hall–Kier alpha value is -3.20. The average Bonchev–Trinajstić information content (AvgIpc) is 3.14. The highest BCUT2D eigenvalue weighted by molar-refractivity contribution is 7.17. The Morgan fingerprint density at radius 2 is 1.57 bits per heavy atom. The molecule has 0 radical (unpaired) electrons. The second kappa shape index (κ2) is 9.08.